The second-order valence-electron chi connectivity index (χ2n) is 1.25. The normalized spacial score (nSPS) is 8.40. The molecule has 94 valence electrons. The van der Waals surface area contributed by atoms with E-state index in [4.69, 9.17) is 28.8 Å². The van der Waals surface area contributed by atoms with E-state index in [0.717, 1.165) is 0 Å². The summed E-state index contributed by atoms with van der Waals surface area (Å²) in [7, 11) is -9.96. The maximum Gasteiger partial charge on any atom is 0.665 e. The fraction of sp³-hybridized carbons (Fsp3) is 0. The molecule has 0 aliphatic rings. The van der Waals surface area contributed by atoms with Crippen LogP contribution in [0.1, 0.15) is 0 Å². The molecule has 0 aliphatic carbocycles. The molecule has 0 atom stereocenters. The Morgan fingerprint density at radius 1 is 0.533 bits per heavy atom. The Balaban J connectivity index is -0.0000000213. The van der Waals surface area contributed by atoms with E-state index in [1.54, 1.807) is 0 Å². The molecule has 0 rings (SSSR count). The molecular weight excluding hydrogens is 286 g/mol. The van der Waals surface area contributed by atoms with Gasteiger partial charge in [0.15, 0.2) is 0 Å². The van der Waals surface area contributed by atoms with Crippen molar-refractivity contribution >= 4 is 52.8 Å². The average molecular weight is 300 g/mol. The smallest absolute Gasteiger partial charge is 0.412 e. The highest BCUT2D eigenvalue weighted by atomic mass is 28.5. The molecule has 0 unspecified atom stereocenters. The first-order chi connectivity index (χ1) is 3.71. The fourth-order valence-corrected chi connectivity index (χ4v) is 1.65. The van der Waals surface area contributed by atoms with E-state index >= 15 is 0 Å². The van der Waals surface area contributed by atoms with Crippen LogP contribution in [0.15, 0.2) is 0 Å². The zero-order valence-corrected chi connectivity index (χ0v) is 11.6. The van der Waals surface area contributed by atoms with Gasteiger partial charge in [0, 0.05) is 34.7 Å². The Bertz CT molecular complexity index is 81.7. The second-order valence-corrected chi connectivity index (χ2v) is 4.36. The van der Waals surface area contributed by atoms with Crippen LogP contribution in [-0.4, -0.2) is 103 Å². The molecule has 15 heteroatoms. The molecule has 6 radical (unpaired) electrons. The predicted octanol–water partition coefficient (Wildman–Crippen LogP) is -8.23. The SMILES string of the molecule is O.O.O.O.O[Si](O)(O)O[Si](O)(O)O.[Al].[Al]. The molecule has 0 heterocycles. The monoisotopic (exact) mass is 300 g/mol. The number of hydrogen-bond donors (Lipinski definition) is 6. The van der Waals surface area contributed by atoms with Crippen LogP contribution >= 0.6 is 0 Å². The van der Waals surface area contributed by atoms with Crippen LogP contribution in [0.3, 0.4) is 0 Å². The number of rotatable bonds is 2. The van der Waals surface area contributed by atoms with Crippen molar-refractivity contribution in [3.63, 3.8) is 0 Å². The van der Waals surface area contributed by atoms with Crippen LogP contribution in [0.5, 0.6) is 0 Å². The highest BCUT2D eigenvalue weighted by molar-refractivity contribution is 6.63. The van der Waals surface area contributed by atoms with Gasteiger partial charge in [0.1, 0.15) is 0 Å². The second kappa shape index (κ2) is 15.1. The van der Waals surface area contributed by atoms with Crippen molar-refractivity contribution in [3.05, 3.63) is 0 Å². The summed E-state index contributed by atoms with van der Waals surface area (Å²) in [5, 5.41) is 0. The van der Waals surface area contributed by atoms with Crippen molar-refractivity contribution in [1.29, 1.82) is 0 Å². The lowest BCUT2D eigenvalue weighted by atomic mass is 15.6. The first-order valence-electron chi connectivity index (χ1n) is 1.75. The van der Waals surface area contributed by atoms with Crippen molar-refractivity contribution in [2.45, 2.75) is 0 Å². The lowest BCUT2D eigenvalue weighted by molar-refractivity contribution is 0.0406. The highest BCUT2D eigenvalue weighted by Crippen LogP contribution is 1.95. The van der Waals surface area contributed by atoms with Gasteiger partial charge in [0.05, 0.1) is 0 Å². The maximum absolute atomic E-state index is 7.94. The van der Waals surface area contributed by atoms with Gasteiger partial charge < -0.3 is 54.8 Å². The predicted molar refractivity (Wildman–Crippen MR) is 51.9 cm³/mol. The average Bonchev–Trinajstić information content (AvgIpc) is 1.14. The molecule has 0 aromatic heterocycles. The summed E-state index contributed by atoms with van der Waals surface area (Å²) in [6.07, 6.45) is 0. The molecule has 0 aliphatic heterocycles. The largest absolute Gasteiger partial charge is 0.665 e. The van der Waals surface area contributed by atoms with Gasteiger partial charge in [-0.3, -0.25) is 0 Å². The quantitative estimate of drug-likeness (QED) is 0.268. The number of hydrogen-bond acceptors (Lipinski definition) is 7. The van der Waals surface area contributed by atoms with Gasteiger partial charge in [-0.15, -0.1) is 0 Å². The summed E-state index contributed by atoms with van der Waals surface area (Å²) >= 11 is 0. The van der Waals surface area contributed by atoms with Crippen LogP contribution in [0.25, 0.3) is 0 Å². The van der Waals surface area contributed by atoms with Gasteiger partial charge in [-0.1, -0.05) is 0 Å². The van der Waals surface area contributed by atoms with Crippen LogP contribution < -0.4 is 0 Å². The van der Waals surface area contributed by atoms with E-state index in [1.165, 1.54) is 0 Å². The van der Waals surface area contributed by atoms with Gasteiger partial charge in [0.25, 0.3) is 0 Å². The van der Waals surface area contributed by atoms with Gasteiger partial charge in [-0.25, -0.2) is 0 Å². The van der Waals surface area contributed by atoms with Gasteiger partial charge in [-0.05, 0) is 0 Å². The lowest BCUT2D eigenvalue weighted by Gasteiger charge is -2.13. The minimum Gasteiger partial charge on any atom is -0.412 e. The highest BCUT2D eigenvalue weighted by Gasteiger charge is 2.45. The summed E-state index contributed by atoms with van der Waals surface area (Å²) in [5.74, 6) is 0. The molecule has 0 saturated carbocycles. The molecule has 0 saturated heterocycles. The Hall–Kier alpha value is 1.06. The van der Waals surface area contributed by atoms with E-state index in [2.05, 4.69) is 4.12 Å². The standard InChI is InChI=1S/2Al.H6O7Si2.4H2O/c;;1-8(2,3)7-9(4,5)6;;;;/h;;1-6H;4*1H2. The fourth-order valence-electron chi connectivity index (χ4n) is 0.184. The van der Waals surface area contributed by atoms with Gasteiger partial charge in [0.2, 0.25) is 0 Å². The lowest BCUT2D eigenvalue weighted by Crippen LogP contribution is -2.53. The molecule has 0 aromatic carbocycles. The Morgan fingerprint density at radius 2 is 0.667 bits per heavy atom. The van der Waals surface area contributed by atoms with E-state index in [-0.39, 0.29) is 56.6 Å². The topological polar surface area (TPSA) is 257 Å². The Kier molecular flexibility index (Phi) is 44.6. The molecule has 0 fully saturated rings. The minimum absolute atomic E-state index is 0. The molecule has 11 nitrogen and oxygen atoms in total. The summed E-state index contributed by atoms with van der Waals surface area (Å²) in [6, 6.07) is 0. The molecule has 15 heavy (non-hydrogen) atoms. The summed E-state index contributed by atoms with van der Waals surface area (Å²) in [5.41, 5.74) is 0. The summed E-state index contributed by atoms with van der Waals surface area (Å²) < 4.78 is 3.24. The Labute approximate surface area is 108 Å². The van der Waals surface area contributed by atoms with Gasteiger partial charge in [-0.2, -0.15) is 0 Å². The van der Waals surface area contributed by atoms with E-state index in [9.17, 15) is 0 Å². The third kappa shape index (κ3) is 51.5. The van der Waals surface area contributed by atoms with Crippen LogP contribution in [-0.2, 0) is 4.12 Å². The van der Waals surface area contributed by atoms with Crippen molar-refractivity contribution in [3.8, 4) is 0 Å². The van der Waals surface area contributed by atoms with E-state index in [1.807, 2.05) is 0 Å². The van der Waals surface area contributed by atoms with E-state index < -0.39 is 18.1 Å². The van der Waals surface area contributed by atoms with Crippen molar-refractivity contribution in [2.24, 2.45) is 0 Å². The first kappa shape index (κ1) is 44.4. The maximum atomic E-state index is 7.94. The Morgan fingerprint density at radius 3 is 0.667 bits per heavy atom. The first-order valence-corrected chi connectivity index (χ1v) is 5.25. The molecule has 0 amide bonds. The third-order valence-corrected chi connectivity index (χ3v) is 2.46. The minimum atomic E-state index is -4.98. The molecule has 0 aromatic rings. The zero-order valence-electron chi connectivity index (χ0n) is 7.25. The summed E-state index contributed by atoms with van der Waals surface area (Å²) in [6.45, 7) is 0. The van der Waals surface area contributed by atoms with Crippen molar-refractivity contribution < 1.29 is 54.8 Å². The van der Waals surface area contributed by atoms with Crippen LogP contribution in [0.2, 0.25) is 0 Å². The molecule has 0 spiro atoms. The van der Waals surface area contributed by atoms with Crippen molar-refractivity contribution in [1.82, 2.24) is 0 Å². The molecule has 0 bridgehead atoms. The van der Waals surface area contributed by atoms with Gasteiger partial charge >= 0.3 is 18.1 Å². The van der Waals surface area contributed by atoms with Crippen LogP contribution in [0.4, 0.5) is 0 Å². The molecular formula is H14Al2O11Si2. The van der Waals surface area contributed by atoms with Crippen LogP contribution in [0, 0.1) is 0 Å². The zero-order chi connectivity index (χ0) is 7.71. The molecule has 14 N–H and O–H groups in total. The summed E-state index contributed by atoms with van der Waals surface area (Å²) in [4.78, 5) is 47.6. The van der Waals surface area contributed by atoms with E-state index in [0.29, 0.717) is 0 Å². The third-order valence-electron chi connectivity index (χ3n) is 0.274. The van der Waals surface area contributed by atoms with Crippen molar-refractivity contribution in [2.75, 3.05) is 0 Å².